The molecule has 118 valence electrons. The van der Waals surface area contributed by atoms with E-state index in [9.17, 15) is 14.7 Å². The van der Waals surface area contributed by atoms with Crippen LogP contribution < -0.4 is 21.9 Å². The highest BCUT2D eigenvalue weighted by molar-refractivity contribution is 5.62. The van der Waals surface area contributed by atoms with Crippen molar-refractivity contribution in [3.05, 3.63) is 20.8 Å². The molecule has 0 radical (unpaired) electrons. The Balaban J connectivity index is 2.53. The van der Waals surface area contributed by atoms with Gasteiger partial charge in [0.15, 0.2) is 0 Å². The molecule has 0 aromatic carbocycles. The highest BCUT2D eigenvalue weighted by atomic mass is 16.3. The molecular formula is C14H24N4O3. The number of hydrogen-bond donors (Lipinski definition) is 2. The summed E-state index contributed by atoms with van der Waals surface area (Å²) in [5.41, 5.74) is 5.74. The van der Waals surface area contributed by atoms with Crippen molar-refractivity contribution in [1.82, 2.24) is 9.13 Å². The number of rotatable bonds is 3. The molecule has 1 saturated heterocycles. The third-order valence-corrected chi connectivity index (χ3v) is 3.89. The summed E-state index contributed by atoms with van der Waals surface area (Å²) in [6.45, 7) is 5.60. The highest BCUT2D eigenvalue weighted by Gasteiger charge is 2.24. The molecule has 2 heterocycles. The van der Waals surface area contributed by atoms with E-state index in [1.165, 1.54) is 11.6 Å². The number of nitrogens with two attached hydrogens (primary N) is 1. The van der Waals surface area contributed by atoms with Crippen LogP contribution in [0.5, 0.6) is 0 Å². The van der Waals surface area contributed by atoms with Gasteiger partial charge in [0.25, 0.3) is 5.56 Å². The van der Waals surface area contributed by atoms with Crippen LogP contribution in [0.25, 0.3) is 0 Å². The fourth-order valence-electron chi connectivity index (χ4n) is 2.70. The van der Waals surface area contributed by atoms with E-state index in [0.29, 0.717) is 38.2 Å². The lowest BCUT2D eigenvalue weighted by atomic mass is 10.1. The van der Waals surface area contributed by atoms with Crippen molar-refractivity contribution in [2.45, 2.75) is 39.3 Å². The monoisotopic (exact) mass is 296 g/mol. The van der Waals surface area contributed by atoms with Gasteiger partial charge in [-0.2, -0.15) is 0 Å². The van der Waals surface area contributed by atoms with Gasteiger partial charge in [-0.3, -0.25) is 13.9 Å². The minimum absolute atomic E-state index is 0.230. The lowest BCUT2D eigenvalue weighted by Gasteiger charge is -2.32. The predicted octanol–water partition coefficient (Wildman–Crippen LogP) is -0.254. The van der Waals surface area contributed by atoms with Crippen molar-refractivity contribution < 1.29 is 5.11 Å². The summed E-state index contributed by atoms with van der Waals surface area (Å²) in [6, 6.07) is 0. The largest absolute Gasteiger partial charge is 0.393 e. The molecule has 7 heteroatoms. The molecule has 7 nitrogen and oxygen atoms in total. The first-order valence-corrected chi connectivity index (χ1v) is 7.35. The lowest BCUT2D eigenvalue weighted by Crippen LogP contribution is -2.46. The molecule has 1 aliphatic heterocycles. The van der Waals surface area contributed by atoms with Crippen LogP contribution in [0.2, 0.25) is 0 Å². The van der Waals surface area contributed by atoms with Crippen LogP contribution in [0.4, 0.5) is 11.5 Å². The molecule has 0 bridgehead atoms. The van der Waals surface area contributed by atoms with Crippen molar-refractivity contribution >= 4 is 11.5 Å². The zero-order chi connectivity index (χ0) is 15.7. The summed E-state index contributed by atoms with van der Waals surface area (Å²) in [5, 5.41) is 9.59. The van der Waals surface area contributed by atoms with Crippen LogP contribution in [0.1, 0.15) is 26.7 Å². The van der Waals surface area contributed by atoms with E-state index >= 15 is 0 Å². The lowest BCUT2D eigenvalue weighted by molar-refractivity contribution is 0.145. The van der Waals surface area contributed by atoms with E-state index in [-0.39, 0.29) is 29.1 Å². The number of hydrogen-bond acceptors (Lipinski definition) is 5. The quantitative estimate of drug-likeness (QED) is 0.802. The first-order chi connectivity index (χ1) is 9.82. The van der Waals surface area contributed by atoms with Gasteiger partial charge in [0.1, 0.15) is 11.5 Å². The Kier molecular flexibility index (Phi) is 4.41. The van der Waals surface area contributed by atoms with Gasteiger partial charge in [-0.15, -0.1) is 0 Å². The Labute approximate surface area is 123 Å². The van der Waals surface area contributed by atoms with Crippen LogP contribution in [0.3, 0.4) is 0 Å². The van der Waals surface area contributed by atoms with Crippen LogP contribution in [0, 0.1) is 5.92 Å². The van der Waals surface area contributed by atoms with Gasteiger partial charge in [0, 0.05) is 26.7 Å². The second-order valence-electron chi connectivity index (χ2n) is 6.10. The van der Waals surface area contributed by atoms with Crippen LogP contribution in [-0.2, 0) is 13.6 Å². The van der Waals surface area contributed by atoms with Gasteiger partial charge in [0.2, 0.25) is 0 Å². The first kappa shape index (κ1) is 15.6. The molecule has 0 amide bonds. The molecule has 2 rings (SSSR count). The average molecular weight is 296 g/mol. The molecular weight excluding hydrogens is 272 g/mol. The molecule has 0 saturated carbocycles. The minimum Gasteiger partial charge on any atom is -0.393 e. The van der Waals surface area contributed by atoms with E-state index in [2.05, 4.69) is 0 Å². The summed E-state index contributed by atoms with van der Waals surface area (Å²) < 4.78 is 2.57. The van der Waals surface area contributed by atoms with Crippen LogP contribution in [-0.4, -0.2) is 33.4 Å². The number of aliphatic hydroxyl groups is 1. The molecule has 21 heavy (non-hydrogen) atoms. The molecule has 3 N–H and O–H groups in total. The summed E-state index contributed by atoms with van der Waals surface area (Å²) in [7, 11) is 1.48. The second-order valence-corrected chi connectivity index (χ2v) is 6.10. The normalized spacial score (nSPS) is 16.7. The summed E-state index contributed by atoms with van der Waals surface area (Å²) in [4.78, 5) is 26.5. The van der Waals surface area contributed by atoms with Crippen molar-refractivity contribution in [3.8, 4) is 0 Å². The van der Waals surface area contributed by atoms with Gasteiger partial charge in [-0.25, -0.2) is 4.79 Å². The van der Waals surface area contributed by atoms with Crippen LogP contribution in [0.15, 0.2) is 9.59 Å². The third kappa shape index (κ3) is 2.97. The maximum absolute atomic E-state index is 12.4. The third-order valence-electron chi connectivity index (χ3n) is 3.89. The molecule has 0 aliphatic carbocycles. The summed E-state index contributed by atoms with van der Waals surface area (Å²) in [6.07, 6.45) is 0.880. The molecule has 1 aromatic rings. The fourth-order valence-corrected chi connectivity index (χ4v) is 2.70. The minimum atomic E-state index is -0.382. The Morgan fingerprint density at radius 2 is 1.86 bits per heavy atom. The van der Waals surface area contributed by atoms with E-state index in [0.717, 1.165) is 4.57 Å². The Morgan fingerprint density at radius 1 is 1.29 bits per heavy atom. The second kappa shape index (κ2) is 5.93. The van der Waals surface area contributed by atoms with Crippen molar-refractivity contribution in [2.75, 3.05) is 23.7 Å². The predicted molar refractivity (Wildman–Crippen MR) is 82.6 cm³/mol. The molecule has 1 fully saturated rings. The van der Waals surface area contributed by atoms with Crippen molar-refractivity contribution in [3.63, 3.8) is 0 Å². The summed E-state index contributed by atoms with van der Waals surface area (Å²) >= 11 is 0. The molecule has 1 aromatic heterocycles. The van der Waals surface area contributed by atoms with Crippen molar-refractivity contribution in [2.24, 2.45) is 13.0 Å². The Hall–Kier alpha value is -1.76. The number of aliphatic hydroxyl groups excluding tert-OH is 1. The average Bonchev–Trinajstić information content (AvgIpc) is 2.43. The maximum atomic E-state index is 12.4. The molecule has 0 spiro atoms. The Bertz CT molecular complexity index is 624. The van der Waals surface area contributed by atoms with Gasteiger partial charge in [0.05, 0.1) is 6.10 Å². The fraction of sp³-hybridized carbons (Fsp3) is 0.714. The topological polar surface area (TPSA) is 93.5 Å². The van der Waals surface area contributed by atoms with E-state index in [1.807, 2.05) is 18.7 Å². The highest BCUT2D eigenvalue weighted by Crippen LogP contribution is 2.22. The SMILES string of the molecule is CC(C)Cn1c(N)c(N2CCC(O)CC2)c(=O)n(C)c1=O. The van der Waals surface area contributed by atoms with Gasteiger partial charge < -0.3 is 15.7 Å². The van der Waals surface area contributed by atoms with Gasteiger partial charge >= 0.3 is 5.69 Å². The maximum Gasteiger partial charge on any atom is 0.332 e. The molecule has 0 unspecified atom stereocenters. The van der Waals surface area contributed by atoms with E-state index in [1.54, 1.807) is 0 Å². The van der Waals surface area contributed by atoms with E-state index < -0.39 is 0 Å². The zero-order valence-corrected chi connectivity index (χ0v) is 12.9. The smallest absolute Gasteiger partial charge is 0.332 e. The van der Waals surface area contributed by atoms with Gasteiger partial charge in [-0.1, -0.05) is 13.8 Å². The summed E-state index contributed by atoms with van der Waals surface area (Å²) in [5.74, 6) is 0.478. The van der Waals surface area contributed by atoms with Crippen LogP contribution >= 0.6 is 0 Å². The first-order valence-electron chi connectivity index (χ1n) is 7.35. The number of nitrogen functional groups attached to an aromatic ring is 1. The number of nitrogens with zero attached hydrogens (tertiary/aromatic N) is 3. The van der Waals surface area contributed by atoms with Gasteiger partial charge in [-0.05, 0) is 18.8 Å². The molecule has 0 atom stereocenters. The zero-order valence-electron chi connectivity index (χ0n) is 12.9. The molecule has 1 aliphatic rings. The van der Waals surface area contributed by atoms with E-state index in [4.69, 9.17) is 5.73 Å². The number of piperidine rings is 1. The van der Waals surface area contributed by atoms with Crippen molar-refractivity contribution in [1.29, 1.82) is 0 Å². The Morgan fingerprint density at radius 3 is 2.38 bits per heavy atom. The number of anilines is 2. The number of aromatic nitrogens is 2. The standard InChI is InChI=1S/C14H24N4O3/c1-9(2)8-18-12(15)11(13(20)16(3)14(18)21)17-6-4-10(19)5-7-17/h9-10,19H,4-8,15H2,1-3H3.